The third-order valence-electron chi connectivity index (χ3n) is 6.36. The zero-order valence-corrected chi connectivity index (χ0v) is 20.5. The lowest BCUT2D eigenvalue weighted by Crippen LogP contribution is -2.57. The maximum Gasteiger partial charge on any atom is 0.326 e. The average molecular weight is 527 g/mol. The van der Waals surface area contributed by atoms with Gasteiger partial charge < -0.3 is 41.3 Å². The first-order valence-electron chi connectivity index (χ1n) is 12.1. The number of hydrogen-bond acceptors (Lipinski definition) is 8. The highest BCUT2D eigenvalue weighted by Crippen LogP contribution is 2.20. The van der Waals surface area contributed by atoms with Crippen LogP contribution in [0.25, 0.3) is 0 Å². The average Bonchev–Trinajstić information content (AvgIpc) is 3.70. The van der Waals surface area contributed by atoms with Crippen LogP contribution in [0.3, 0.4) is 0 Å². The number of amides is 3. The highest BCUT2D eigenvalue weighted by Gasteiger charge is 2.39. The number of carbonyl (C=O) groups excluding carboxylic acids is 3. The second-order valence-electron chi connectivity index (χ2n) is 9.10. The summed E-state index contributed by atoms with van der Waals surface area (Å²) in [6.07, 6.45) is 10.1. The van der Waals surface area contributed by atoms with Crippen molar-refractivity contribution in [2.45, 2.75) is 56.3 Å². The van der Waals surface area contributed by atoms with Gasteiger partial charge in [-0.3, -0.25) is 14.4 Å². The Hall–Kier alpha value is -4.53. The summed E-state index contributed by atoms with van der Waals surface area (Å²) in [6, 6.07) is -4.05. The summed E-state index contributed by atoms with van der Waals surface area (Å²) in [6.45, 7) is 0.282. The molecule has 3 amide bonds. The van der Waals surface area contributed by atoms with E-state index in [1.807, 2.05) is 0 Å². The molecular formula is C23H30N10O5. The summed E-state index contributed by atoms with van der Waals surface area (Å²) in [5, 5.41) is 14.9. The van der Waals surface area contributed by atoms with Crippen molar-refractivity contribution in [3.05, 3.63) is 54.7 Å². The summed E-state index contributed by atoms with van der Waals surface area (Å²) >= 11 is 0. The van der Waals surface area contributed by atoms with Crippen LogP contribution >= 0.6 is 0 Å². The Morgan fingerprint density at radius 2 is 1.47 bits per heavy atom. The topological polar surface area (TPSA) is 228 Å². The monoisotopic (exact) mass is 526 g/mol. The Labute approximate surface area is 217 Å². The number of aromatic amines is 3. The number of likely N-dealkylation sites (tertiary alicyclic amines) is 1. The molecule has 38 heavy (non-hydrogen) atoms. The number of imidazole rings is 3. The number of carboxylic acids is 1. The first-order chi connectivity index (χ1) is 18.3. The van der Waals surface area contributed by atoms with E-state index in [1.165, 1.54) is 36.3 Å². The normalized spacial score (nSPS) is 17.5. The predicted octanol–water partition coefficient (Wildman–Crippen LogP) is -1.74. The van der Waals surface area contributed by atoms with E-state index in [0.717, 1.165) is 0 Å². The van der Waals surface area contributed by atoms with Crippen LogP contribution < -0.4 is 16.4 Å². The number of nitrogens with one attached hydrogen (secondary N) is 5. The molecule has 0 aromatic carbocycles. The molecule has 202 valence electrons. The first kappa shape index (κ1) is 26.5. The summed E-state index contributed by atoms with van der Waals surface area (Å²) in [5.74, 6) is -2.80. The van der Waals surface area contributed by atoms with Crippen molar-refractivity contribution in [2.75, 3.05) is 6.54 Å². The minimum Gasteiger partial charge on any atom is -0.480 e. The fourth-order valence-corrected chi connectivity index (χ4v) is 4.41. The Balaban J connectivity index is 1.45. The van der Waals surface area contributed by atoms with Crippen LogP contribution in [-0.4, -0.2) is 94.3 Å². The minimum atomic E-state index is -1.21. The molecule has 0 bridgehead atoms. The van der Waals surface area contributed by atoms with Crippen LogP contribution in [0, 0.1) is 0 Å². The quantitative estimate of drug-likeness (QED) is 0.142. The summed E-state index contributed by atoms with van der Waals surface area (Å²) in [4.78, 5) is 73.2. The molecule has 1 saturated heterocycles. The molecule has 0 aliphatic carbocycles. The molecule has 3 aromatic heterocycles. The van der Waals surface area contributed by atoms with Gasteiger partial charge in [-0.1, -0.05) is 0 Å². The molecule has 1 aliphatic rings. The number of rotatable bonds is 12. The number of nitrogens with zero attached hydrogens (tertiary/aromatic N) is 4. The van der Waals surface area contributed by atoms with Crippen LogP contribution in [0.5, 0.6) is 0 Å². The Morgan fingerprint density at radius 3 is 2.00 bits per heavy atom. The molecule has 1 aliphatic heterocycles. The molecule has 4 rings (SSSR count). The fourth-order valence-electron chi connectivity index (χ4n) is 4.41. The van der Waals surface area contributed by atoms with E-state index in [2.05, 4.69) is 40.5 Å². The minimum absolute atomic E-state index is 0.00840. The van der Waals surface area contributed by atoms with Crippen molar-refractivity contribution >= 4 is 23.7 Å². The van der Waals surface area contributed by atoms with Crippen molar-refractivity contribution < 1.29 is 24.3 Å². The van der Waals surface area contributed by atoms with Crippen LogP contribution in [0.4, 0.5) is 0 Å². The SMILES string of the molecule is NC(Cc1cnc[nH]1)C(=O)NC(Cc1cnc[nH]1)C(=O)N1CCCC1C(=O)NC(Cc1cnc[nH]1)C(=O)O. The van der Waals surface area contributed by atoms with Crippen molar-refractivity contribution in [3.63, 3.8) is 0 Å². The van der Waals surface area contributed by atoms with E-state index in [-0.39, 0.29) is 25.8 Å². The Morgan fingerprint density at radius 1 is 0.921 bits per heavy atom. The smallest absolute Gasteiger partial charge is 0.326 e. The maximum atomic E-state index is 13.6. The van der Waals surface area contributed by atoms with E-state index < -0.39 is 47.9 Å². The number of hydrogen-bond donors (Lipinski definition) is 7. The lowest BCUT2D eigenvalue weighted by atomic mass is 10.1. The number of carboxylic acid groups (broad SMARTS) is 1. The molecule has 0 radical (unpaired) electrons. The third-order valence-corrected chi connectivity index (χ3v) is 6.36. The number of aromatic nitrogens is 6. The molecule has 4 unspecified atom stereocenters. The van der Waals surface area contributed by atoms with Crippen molar-refractivity contribution in [2.24, 2.45) is 5.73 Å². The van der Waals surface area contributed by atoms with E-state index in [4.69, 9.17) is 5.73 Å². The van der Waals surface area contributed by atoms with Crippen LogP contribution in [0.2, 0.25) is 0 Å². The van der Waals surface area contributed by atoms with Gasteiger partial charge in [-0.05, 0) is 12.8 Å². The molecule has 4 atom stereocenters. The standard InChI is InChI=1S/C23H30N10O5/c24-16(4-13-7-25-10-28-13)20(34)31-17(5-14-8-26-11-29-14)22(36)33-3-1-2-19(33)21(35)32-18(23(37)38)6-15-9-27-12-30-15/h7-12,16-19H,1-6,24H2,(H,25,28)(H,26,29)(H,27,30)(H,31,34)(H,32,35)(H,37,38). The highest BCUT2D eigenvalue weighted by molar-refractivity contribution is 5.94. The van der Waals surface area contributed by atoms with E-state index in [9.17, 15) is 24.3 Å². The second kappa shape index (κ2) is 12.1. The van der Waals surface area contributed by atoms with Gasteiger partial charge in [-0.2, -0.15) is 0 Å². The third kappa shape index (κ3) is 6.61. The number of nitrogens with two attached hydrogens (primary N) is 1. The molecule has 8 N–H and O–H groups in total. The van der Waals surface area contributed by atoms with Gasteiger partial charge >= 0.3 is 5.97 Å². The second-order valence-corrected chi connectivity index (χ2v) is 9.10. The molecule has 1 fully saturated rings. The number of carbonyl (C=O) groups is 4. The summed E-state index contributed by atoms with van der Waals surface area (Å²) < 4.78 is 0. The molecule has 3 aromatic rings. The van der Waals surface area contributed by atoms with Crippen LogP contribution in [0.15, 0.2) is 37.6 Å². The molecule has 0 saturated carbocycles. The fraction of sp³-hybridized carbons (Fsp3) is 0.435. The van der Waals surface area contributed by atoms with Gasteiger partial charge in [-0.25, -0.2) is 19.7 Å². The van der Waals surface area contributed by atoms with E-state index in [0.29, 0.717) is 29.9 Å². The number of H-pyrrole nitrogens is 3. The van der Waals surface area contributed by atoms with E-state index >= 15 is 0 Å². The predicted molar refractivity (Wildman–Crippen MR) is 131 cm³/mol. The van der Waals surface area contributed by atoms with Gasteiger partial charge in [0.1, 0.15) is 18.1 Å². The Kier molecular flexibility index (Phi) is 8.47. The van der Waals surface area contributed by atoms with Gasteiger partial charge in [-0.15, -0.1) is 0 Å². The van der Waals surface area contributed by atoms with Gasteiger partial charge in [0, 0.05) is 61.5 Å². The molecule has 4 heterocycles. The highest BCUT2D eigenvalue weighted by atomic mass is 16.4. The largest absolute Gasteiger partial charge is 0.480 e. The number of aliphatic carboxylic acids is 1. The van der Waals surface area contributed by atoms with Crippen molar-refractivity contribution in [1.82, 2.24) is 45.4 Å². The zero-order chi connectivity index (χ0) is 27.1. The summed E-state index contributed by atoms with van der Waals surface area (Å²) in [7, 11) is 0. The molecule has 15 nitrogen and oxygen atoms in total. The molecule has 0 spiro atoms. The Bertz CT molecular complexity index is 1210. The van der Waals surface area contributed by atoms with Crippen LogP contribution in [0.1, 0.15) is 29.9 Å². The lowest BCUT2D eigenvalue weighted by molar-refractivity contribution is -0.144. The molecular weight excluding hydrogens is 496 g/mol. The lowest BCUT2D eigenvalue weighted by Gasteiger charge is -2.29. The molecule has 15 heteroatoms. The maximum absolute atomic E-state index is 13.6. The zero-order valence-electron chi connectivity index (χ0n) is 20.5. The van der Waals surface area contributed by atoms with Crippen molar-refractivity contribution in [1.29, 1.82) is 0 Å². The van der Waals surface area contributed by atoms with Gasteiger partial charge in [0.05, 0.1) is 25.0 Å². The van der Waals surface area contributed by atoms with Crippen molar-refractivity contribution in [3.8, 4) is 0 Å². The van der Waals surface area contributed by atoms with Crippen LogP contribution in [-0.2, 0) is 38.4 Å². The van der Waals surface area contributed by atoms with Gasteiger partial charge in [0.2, 0.25) is 17.7 Å². The van der Waals surface area contributed by atoms with Gasteiger partial charge in [0.25, 0.3) is 0 Å². The van der Waals surface area contributed by atoms with E-state index in [1.54, 1.807) is 6.20 Å². The summed E-state index contributed by atoms with van der Waals surface area (Å²) in [5.41, 5.74) is 7.89. The van der Waals surface area contributed by atoms with Gasteiger partial charge in [0.15, 0.2) is 0 Å². The first-order valence-corrected chi connectivity index (χ1v) is 12.1.